The first-order chi connectivity index (χ1) is 20.4. The van der Waals surface area contributed by atoms with Gasteiger partial charge in [0.1, 0.15) is 17.4 Å². The number of amides is 2. The first kappa shape index (κ1) is 29.6. The number of carbonyl (C=O) groups is 2. The first-order valence-corrected chi connectivity index (χ1v) is 15.9. The quantitative estimate of drug-likeness (QED) is 0.147. The van der Waals surface area contributed by atoms with Crippen molar-refractivity contribution in [1.29, 1.82) is 0 Å². The third-order valence-corrected chi connectivity index (χ3v) is 9.31. The van der Waals surface area contributed by atoms with Gasteiger partial charge in [0, 0.05) is 18.0 Å². The van der Waals surface area contributed by atoms with E-state index < -0.39 is 0 Å². The van der Waals surface area contributed by atoms with Gasteiger partial charge < -0.3 is 15.4 Å². The highest BCUT2D eigenvalue weighted by Gasteiger charge is 2.26. The van der Waals surface area contributed by atoms with Gasteiger partial charge >= 0.3 is 0 Å². The van der Waals surface area contributed by atoms with Gasteiger partial charge in [0.2, 0.25) is 5.91 Å². The lowest BCUT2D eigenvalue weighted by Gasteiger charge is -2.13. The van der Waals surface area contributed by atoms with Crippen molar-refractivity contribution >= 4 is 39.9 Å². The number of hydrogen-bond donors (Lipinski definition) is 2. The number of nitrogens with one attached hydrogen (secondary N) is 2. The van der Waals surface area contributed by atoms with E-state index in [2.05, 4.69) is 27.4 Å². The molecule has 1 aliphatic rings. The van der Waals surface area contributed by atoms with Crippen molar-refractivity contribution in [3.8, 4) is 5.75 Å². The molecule has 2 N–H and O–H groups in total. The van der Waals surface area contributed by atoms with E-state index in [-0.39, 0.29) is 24.2 Å². The Morgan fingerprint density at radius 2 is 1.83 bits per heavy atom. The molecule has 2 aromatic heterocycles. The molecule has 8 nitrogen and oxygen atoms in total. The van der Waals surface area contributed by atoms with E-state index in [9.17, 15) is 9.59 Å². The van der Waals surface area contributed by atoms with Crippen molar-refractivity contribution in [2.45, 2.75) is 64.4 Å². The predicted molar refractivity (Wildman–Crippen MR) is 168 cm³/mol. The average molecular weight is 602 g/mol. The Bertz CT molecular complexity index is 1560. The SMILES string of the molecule is C=CCn1c(COc2c(C)cccc2C)nnc1SCC(=O)Nc1sc2c(c1C(=O)NCc1ccccc1)CCCC2. The molecule has 5 rings (SSSR count). The van der Waals surface area contributed by atoms with Crippen LogP contribution in [0.25, 0.3) is 0 Å². The number of rotatable bonds is 12. The molecule has 10 heteroatoms. The Kier molecular flexibility index (Phi) is 9.76. The van der Waals surface area contributed by atoms with Crippen LogP contribution in [0.5, 0.6) is 5.75 Å². The Morgan fingerprint density at radius 3 is 2.60 bits per heavy atom. The molecule has 42 heavy (non-hydrogen) atoms. The maximum Gasteiger partial charge on any atom is 0.254 e. The number of nitrogens with zero attached hydrogens (tertiary/aromatic N) is 3. The summed E-state index contributed by atoms with van der Waals surface area (Å²) in [5, 5.41) is 16.0. The molecule has 0 aliphatic heterocycles. The highest BCUT2D eigenvalue weighted by molar-refractivity contribution is 7.99. The summed E-state index contributed by atoms with van der Waals surface area (Å²) in [5.41, 5.74) is 4.81. The van der Waals surface area contributed by atoms with Crippen LogP contribution in [0.15, 0.2) is 66.3 Å². The van der Waals surface area contributed by atoms with Gasteiger partial charge in [-0.05, 0) is 61.8 Å². The molecule has 4 aromatic rings. The standard InChI is InChI=1S/C32H35N5O3S2/c1-4-17-37-26(19-40-29-21(2)11-10-12-22(29)3)35-36-32(37)41-20-27(38)34-31-28(24-15-8-9-16-25(24)42-31)30(39)33-18-23-13-6-5-7-14-23/h4-7,10-14H,1,8-9,15-20H2,2-3H3,(H,33,39)(H,34,38). The molecular weight excluding hydrogens is 567 g/mol. The molecular formula is C32H35N5O3S2. The van der Waals surface area contributed by atoms with E-state index in [1.165, 1.54) is 28.0 Å². The second kappa shape index (κ2) is 13.8. The van der Waals surface area contributed by atoms with E-state index in [1.807, 2.05) is 66.9 Å². The van der Waals surface area contributed by atoms with Crippen LogP contribution in [0.1, 0.15) is 56.2 Å². The number of aromatic nitrogens is 3. The zero-order valence-electron chi connectivity index (χ0n) is 23.9. The number of carbonyl (C=O) groups excluding carboxylic acids is 2. The van der Waals surface area contributed by atoms with Crippen LogP contribution in [-0.2, 0) is 37.3 Å². The molecule has 0 unspecified atom stereocenters. The van der Waals surface area contributed by atoms with Crippen molar-refractivity contribution < 1.29 is 14.3 Å². The summed E-state index contributed by atoms with van der Waals surface area (Å²) in [4.78, 5) is 27.7. The number of thiophene rings is 1. The monoisotopic (exact) mass is 601 g/mol. The fourth-order valence-corrected chi connectivity index (χ4v) is 7.13. The lowest BCUT2D eigenvalue weighted by atomic mass is 9.95. The second-order valence-electron chi connectivity index (χ2n) is 10.2. The molecule has 0 bridgehead atoms. The number of benzene rings is 2. The molecule has 0 saturated carbocycles. The fourth-order valence-electron chi connectivity index (χ4n) is 5.06. The van der Waals surface area contributed by atoms with E-state index in [0.29, 0.717) is 34.6 Å². The van der Waals surface area contributed by atoms with Crippen LogP contribution in [0.4, 0.5) is 5.00 Å². The van der Waals surface area contributed by atoms with Gasteiger partial charge in [0.05, 0.1) is 11.3 Å². The maximum atomic E-state index is 13.4. The Balaban J connectivity index is 1.25. The highest BCUT2D eigenvalue weighted by atomic mass is 32.2. The van der Waals surface area contributed by atoms with E-state index in [4.69, 9.17) is 4.74 Å². The van der Waals surface area contributed by atoms with Gasteiger partial charge in [0.15, 0.2) is 11.0 Å². The normalized spacial score (nSPS) is 12.4. The molecule has 0 spiro atoms. The van der Waals surface area contributed by atoms with Gasteiger partial charge in [-0.1, -0.05) is 66.4 Å². The number of aryl methyl sites for hydroxylation is 3. The molecule has 218 valence electrons. The summed E-state index contributed by atoms with van der Waals surface area (Å²) in [6.07, 6.45) is 5.69. The minimum atomic E-state index is -0.197. The van der Waals surface area contributed by atoms with Crippen molar-refractivity contribution in [3.05, 3.63) is 99.7 Å². The minimum absolute atomic E-state index is 0.126. The summed E-state index contributed by atoms with van der Waals surface area (Å²) in [7, 11) is 0. The topological polar surface area (TPSA) is 98.1 Å². The number of ether oxygens (including phenoxy) is 1. The molecule has 1 aliphatic carbocycles. The predicted octanol–water partition coefficient (Wildman–Crippen LogP) is 6.26. The molecule has 0 saturated heterocycles. The molecule has 0 fully saturated rings. The molecule has 2 amide bonds. The number of thioether (sulfide) groups is 1. The number of para-hydroxylation sites is 1. The molecule has 2 aromatic carbocycles. The molecule has 0 atom stereocenters. The van der Waals surface area contributed by atoms with E-state index >= 15 is 0 Å². The second-order valence-corrected chi connectivity index (χ2v) is 12.3. The van der Waals surface area contributed by atoms with Crippen LogP contribution >= 0.6 is 23.1 Å². The van der Waals surface area contributed by atoms with Gasteiger partial charge in [-0.2, -0.15) is 0 Å². The summed E-state index contributed by atoms with van der Waals surface area (Å²) in [6.45, 7) is 9.07. The third-order valence-electron chi connectivity index (χ3n) is 7.14. The molecule has 0 radical (unpaired) electrons. The van der Waals surface area contributed by atoms with Crippen molar-refractivity contribution in [3.63, 3.8) is 0 Å². The minimum Gasteiger partial charge on any atom is -0.485 e. The molecule has 2 heterocycles. The smallest absolute Gasteiger partial charge is 0.254 e. The number of hydrogen-bond acceptors (Lipinski definition) is 7. The lowest BCUT2D eigenvalue weighted by molar-refractivity contribution is -0.113. The van der Waals surface area contributed by atoms with Crippen molar-refractivity contribution in [2.24, 2.45) is 0 Å². The van der Waals surface area contributed by atoms with Crippen molar-refractivity contribution in [1.82, 2.24) is 20.1 Å². The number of anilines is 1. The maximum absolute atomic E-state index is 13.4. The zero-order valence-corrected chi connectivity index (χ0v) is 25.6. The Labute approximate surface area is 254 Å². The third kappa shape index (κ3) is 6.94. The number of allylic oxidation sites excluding steroid dienone is 1. The van der Waals surface area contributed by atoms with Gasteiger partial charge in [-0.15, -0.1) is 28.1 Å². The largest absolute Gasteiger partial charge is 0.485 e. The Morgan fingerprint density at radius 1 is 1.07 bits per heavy atom. The average Bonchev–Trinajstić information content (AvgIpc) is 3.55. The van der Waals surface area contributed by atoms with Gasteiger partial charge in [-0.3, -0.25) is 14.2 Å². The summed E-state index contributed by atoms with van der Waals surface area (Å²) in [5.74, 6) is 1.27. The zero-order chi connectivity index (χ0) is 29.5. The van der Waals surface area contributed by atoms with Crippen LogP contribution < -0.4 is 15.4 Å². The summed E-state index contributed by atoms with van der Waals surface area (Å²) < 4.78 is 8.01. The summed E-state index contributed by atoms with van der Waals surface area (Å²) >= 11 is 2.82. The summed E-state index contributed by atoms with van der Waals surface area (Å²) in [6, 6.07) is 15.8. The fraction of sp³-hybridized carbons (Fsp3) is 0.312. The van der Waals surface area contributed by atoms with Gasteiger partial charge in [0.25, 0.3) is 5.91 Å². The van der Waals surface area contributed by atoms with Gasteiger partial charge in [-0.25, -0.2) is 0 Å². The first-order valence-electron chi connectivity index (χ1n) is 14.1. The van der Waals surface area contributed by atoms with E-state index in [1.54, 1.807) is 6.08 Å². The highest BCUT2D eigenvalue weighted by Crippen LogP contribution is 2.38. The van der Waals surface area contributed by atoms with Crippen LogP contribution in [0.3, 0.4) is 0 Å². The van der Waals surface area contributed by atoms with Crippen LogP contribution in [0.2, 0.25) is 0 Å². The van der Waals surface area contributed by atoms with E-state index in [0.717, 1.165) is 53.7 Å². The van der Waals surface area contributed by atoms with Crippen LogP contribution in [-0.4, -0.2) is 32.3 Å². The number of fused-ring (bicyclic) bond motifs is 1. The Hall–Kier alpha value is -3.89. The lowest BCUT2D eigenvalue weighted by Crippen LogP contribution is -2.25. The van der Waals surface area contributed by atoms with Crippen LogP contribution in [0, 0.1) is 13.8 Å². The van der Waals surface area contributed by atoms with Crippen molar-refractivity contribution in [2.75, 3.05) is 11.1 Å².